The molecule has 3 fully saturated rings. The van der Waals surface area contributed by atoms with Crippen LogP contribution in [0.5, 0.6) is 17.2 Å². The monoisotopic (exact) mass is 756 g/mol. The van der Waals surface area contributed by atoms with Crippen molar-refractivity contribution < 1.29 is 94.5 Å². The topological polar surface area (TPSA) is 339 Å². The molecule has 0 spiro atoms. The molecular weight excluding hydrogens is 716 g/mol. The van der Waals surface area contributed by atoms with E-state index in [1.807, 2.05) is 0 Å². The summed E-state index contributed by atoms with van der Waals surface area (Å²) in [5.74, 6) is -1.67. The number of hydrogen-bond acceptors (Lipinski definition) is 20. The van der Waals surface area contributed by atoms with Crippen LogP contribution in [-0.2, 0) is 18.9 Å². The van der Waals surface area contributed by atoms with Crippen LogP contribution in [0.1, 0.15) is 11.7 Å². The van der Waals surface area contributed by atoms with Gasteiger partial charge in [0, 0.05) is 17.7 Å². The molecule has 1 aromatic heterocycles. The third-order valence-electron chi connectivity index (χ3n) is 9.53. The van der Waals surface area contributed by atoms with Crippen LogP contribution < -0.4 is 10.2 Å². The number of ether oxygens (including phenoxy) is 5. The van der Waals surface area contributed by atoms with E-state index in [1.165, 1.54) is 24.3 Å². The predicted octanol–water partition coefficient (Wildman–Crippen LogP) is -4.61. The lowest BCUT2D eigenvalue weighted by molar-refractivity contribution is -0.342. The zero-order chi connectivity index (χ0) is 38.5. The molecule has 3 saturated heterocycles. The number of aliphatic hydroxyl groups is 11. The highest BCUT2D eigenvalue weighted by Crippen LogP contribution is 2.47. The molecule has 0 unspecified atom stereocenters. The van der Waals surface area contributed by atoms with Crippen molar-refractivity contribution in [2.45, 2.75) is 91.9 Å². The molecular formula is C33H40O20. The van der Waals surface area contributed by atoms with E-state index < -0.39 is 140 Å². The molecule has 0 aliphatic carbocycles. The van der Waals surface area contributed by atoms with Crippen molar-refractivity contribution in [1.29, 1.82) is 0 Å². The van der Waals surface area contributed by atoms with E-state index in [-0.39, 0.29) is 17.1 Å². The maximum atomic E-state index is 13.6. The lowest BCUT2D eigenvalue weighted by atomic mass is 9.89. The Hall–Kier alpha value is -3.55. The molecule has 0 amide bonds. The molecule has 20 heteroatoms. The van der Waals surface area contributed by atoms with Gasteiger partial charge in [0.15, 0.2) is 11.7 Å². The van der Waals surface area contributed by atoms with Gasteiger partial charge in [-0.1, -0.05) is 0 Å². The van der Waals surface area contributed by atoms with E-state index in [4.69, 9.17) is 28.1 Å². The van der Waals surface area contributed by atoms with Gasteiger partial charge in [0.2, 0.25) is 6.29 Å². The van der Waals surface area contributed by atoms with Crippen LogP contribution in [0.4, 0.5) is 0 Å². The highest BCUT2D eigenvalue weighted by atomic mass is 16.7. The number of aliphatic hydroxyl groups excluding tert-OH is 11. The summed E-state index contributed by atoms with van der Waals surface area (Å²) in [5, 5.41) is 136. The first-order valence-corrected chi connectivity index (χ1v) is 16.4. The number of fused-ring (bicyclic) bond motifs is 1. The van der Waals surface area contributed by atoms with Gasteiger partial charge >= 0.3 is 0 Å². The van der Waals surface area contributed by atoms with E-state index in [0.29, 0.717) is 5.56 Å². The van der Waals surface area contributed by atoms with Crippen LogP contribution in [0.25, 0.3) is 22.3 Å². The maximum absolute atomic E-state index is 13.6. The molecule has 0 bridgehead atoms. The summed E-state index contributed by atoms with van der Waals surface area (Å²) in [7, 11) is 0. The Labute approximate surface area is 298 Å². The fourth-order valence-electron chi connectivity index (χ4n) is 6.53. The highest BCUT2D eigenvalue weighted by molar-refractivity contribution is 5.88. The minimum Gasteiger partial charge on any atom is -0.508 e. The van der Waals surface area contributed by atoms with Gasteiger partial charge in [-0.2, -0.15) is 0 Å². The van der Waals surface area contributed by atoms with E-state index in [1.54, 1.807) is 0 Å². The fraction of sp³-hybridized carbons (Fsp3) is 0.545. The first-order valence-electron chi connectivity index (χ1n) is 16.4. The lowest BCUT2D eigenvalue weighted by Gasteiger charge is -2.46. The minimum atomic E-state index is -2.07. The summed E-state index contributed by atoms with van der Waals surface area (Å²) in [5.41, 5.74) is -1.48. The summed E-state index contributed by atoms with van der Waals surface area (Å²) in [4.78, 5) is 13.6. The molecule has 3 aliphatic heterocycles. The molecule has 3 aromatic rings. The molecule has 2 aromatic carbocycles. The SMILES string of the molecule is O=c1cc(-c2ccc(O)cc2)oc2cc(O[C@@H]3O[C@H](CO)[C@H](O)[C@H](O)[C@H]3O)c([C@@H]3O[C@H](CO)[C@@H](O)[C@H](O)[C@H]3O[C@@H]3O[C@@H](CO)[C@@H](O)[C@H](O)[C@H]3O)c(O)c12. The molecule has 292 valence electrons. The van der Waals surface area contributed by atoms with Crippen molar-refractivity contribution in [2.75, 3.05) is 19.8 Å². The Kier molecular flexibility index (Phi) is 11.6. The third kappa shape index (κ3) is 7.21. The molecule has 0 saturated carbocycles. The van der Waals surface area contributed by atoms with Crippen molar-refractivity contribution in [1.82, 2.24) is 0 Å². The van der Waals surface area contributed by atoms with Gasteiger partial charge in [0.25, 0.3) is 0 Å². The van der Waals surface area contributed by atoms with E-state index in [9.17, 15) is 71.2 Å². The van der Waals surface area contributed by atoms with Gasteiger partial charge < -0.3 is 94.5 Å². The number of aromatic hydroxyl groups is 2. The Morgan fingerprint density at radius 2 is 1.15 bits per heavy atom. The lowest BCUT2D eigenvalue weighted by Crippen LogP contribution is -2.62. The molecule has 0 radical (unpaired) electrons. The van der Waals surface area contributed by atoms with Crippen molar-refractivity contribution >= 4 is 11.0 Å². The maximum Gasteiger partial charge on any atom is 0.229 e. The number of benzene rings is 2. The van der Waals surface area contributed by atoms with Gasteiger partial charge in [0.1, 0.15) is 113 Å². The van der Waals surface area contributed by atoms with Crippen LogP contribution in [-0.4, -0.2) is 172 Å². The zero-order valence-electron chi connectivity index (χ0n) is 27.4. The number of phenolic OH excluding ortho intramolecular Hbond substituents is 2. The van der Waals surface area contributed by atoms with Crippen LogP contribution in [0.15, 0.2) is 45.6 Å². The largest absolute Gasteiger partial charge is 0.508 e. The average molecular weight is 757 g/mol. The van der Waals surface area contributed by atoms with Crippen molar-refractivity contribution in [3.05, 3.63) is 52.2 Å². The standard InChI is InChI=1S/C33H40O20/c34-7-16-23(41)27(45)31(53-33-29(47)26(44)22(40)18(9-36)52-33)30(49-16)20-15(50-32-28(46)25(43)21(39)17(8-35)51-32)6-14-19(24(20)42)12(38)5-13(48-14)10-1-3-11(37)4-2-10/h1-6,16-18,21-23,25-37,39-47H,7-9H2/t16-,17-,18+,21+,22-,23-,25+,26+,27+,28-,29-,30+,31-,32-,33+/m1/s1. The smallest absolute Gasteiger partial charge is 0.229 e. The Balaban J connectivity index is 1.52. The van der Waals surface area contributed by atoms with Crippen molar-refractivity contribution in [2.24, 2.45) is 0 Å². The number of rotatable bonds is 9. The predicted molar refractivity (Wildman–Crippen MR) is 171 cm³/mol. The van der Waals surface area contributed by atoms with Gasteiger partial charge in [-0.3, -0.25) is 4.79 Å². The van der Waals surface area contributed by atoms with Crippen LogP contribution >= 0.6 is 0 Å². The fourth-order valence-corrected chi connectivity index (χ4v) is 6.53. The van der Waals surface area contributed by atoms with Gasteiger partial charge in [-0.05, 0) is 24.3 Å². The normalized spacial score (nSPS) is 37.8. The second-order valence-electron chi connectivity index (χ2n) is 12.9. The second kappa shape index (κ2) is 15.7. The number of hydrogen-bond donors (Lipinski definition) is 13. The van der Waals surface area contributed by atoms with Crippen LogP contribution in [0.2, 0.25) is 0 Å². The van der Waals surface area contributed by atoms with Crippen molar-refractivity contribution in [3.8, 4) is 28.6 Å². The Morgan fingerprint density at radius 3 is 1.74 bits per heavy atom. The molecule has 53 heavy (non-hydrogen) atoms. The molecule has 3 aliphatic rings. The van der Waals surface area contributed by atoms with E-state index in [2.05, 4.69) is 0 Å². The van der Waals surface area contributed by atoms with E-state index >= 15 is 0 Å². The summed E-state index contributed by atoms with van der Waals surface area (Å²) in [6.07, 6.45) is -27.9. The molecule has 4 heterocycles. The van der Waals surface area contributed by atoms with Gasteiger partial charge in [0.05, 0.1) is 25.4 Å². The van der Waals surface area contributed by atoms with Crippen molar-refractivity contribution in [3.63, 3.8) is 0 Å². The minimum absolute atomic E-state index is 0.0509. The molecule has 20 nitrogen and oxygen atoms in total. The van der Waals surface area contributed by atoms with Gasteiger partial charge in [-0.25, -0.2) is 0 Å². The zero-order valence-corrected chi connectivity index (χ0v) is 27.4. The number of phenols is 2. The molecule has 13 N–H and O–H groups in total. The molecule has 6 rings (SSSR count). The summed E-state index contributed by atoms with van der Waals surface area (Å²) >= 11 is 0. The van der Waals surface area contributed by atoms with Crippen LogP contribution in [0.3, 0.4) is 0 Å². The molecule has 15 atom stereocenters. The second-order valence-corrected chi connectivity index (χ2v) is 12.9. The van der Waals surface area contributed by atoms with Gasteiger partial charge in [-0.15, -0.1) is 0 Å². The summed E-state index contributed by atoms with van der Waals surface area (Å²) in [6.45, 7) is -2.65. The summed E-state index contributed by atoms with van der Waals surface area (Å²) in [6, 6.07) is 7.53. The average Bonchev–Trinajstić information content (AvgIpc) is 3.14. The Morgan fingerprint density at radius 1 is 0.623 bits per heavy atom. The Bertz CT molecular complexity index is 1780. The van der Waals surface area contributed by atoms with E-state index in [0.717, 1.165) is 12.1 Å². The first kappa shape index (κ1) is 39.2. The highest BCUT2D eigenvalue weighted by Gasteiger charge is 2.53. The first-order chi connectivity index (χ1) is 25.2. The summed E-state index contributed by atoms with van der Waals surface area (Å²) < 4.78 is 34.4. The quantitative estimate of drug-likeness (QED) is 0.0976. The third-order valence-corrected chi connectivity index (χ3v) is 9.53. The van der Waals surface area contributed by atoms with Crippen LogP contribution in [0, 0.1) is 0 Å².